The van der Waals surface area contributed by atoms with Crippen LogP contribution in [-0.4, -0.2) is 20.9 Å². The summed E-state index contributed by atoms with van der Waals surface area (Å²) in [6.07, 6.45) is -0.383. The Morgan fingerprint density at radius 3 is 2.93 bits per heavy atom. The lowest BCUT2D eigenvalue weighted by molar-refractivity contribution is 0.102. The number of halogens is 3. The van der Waals surface area contributed by atoms with Gasteiger partial charge in [-0.1, -0.05) is 29.8 Å². The first-order valence-electron chi connectivity index (χ1n) is 8.68. The van der Waals surface area contributed by atoms with Gasteiger partial charge in [-0.15, -0.1) is 11.3 Å². The van der Waals surface area contributed by atoms with Crippen molar-refractivity contribution in [3.8, 4) is 0 Å². The monoisotopic (exact) mass is 432 g/mol. The molecule has 1 amide bonds. The quantitative estimate of drug-likeness (QED) is 0.421. The largest absolute Gasteiger partial charge is 0.337 e. The zero-order chi connectivity index (χ0) is 20.5. The Labute approximate surface area is 173 Å². The summed E-state index contributed by atoms with van der Waals surface area (Å²) in [5.74, 6) is -0.800. The molecule has 0 aliphatic heterocycles. The highest BCUT2D eigenvalue weighted by molar-refractivity contribution is 7.15. The van der Waals surface area contributed by atoms with Gasteiger partial charge >= 0.3 is 0 Å². The van der Waals surface area contributed by atoms with Gasteiger partial charge in [0.1, 0.15) is 0 Å². The number of imidazole rings is 1. The Bertz CT molecular complexity index is 1200. The molecule has 148 valence electrons. The lowest BCUT2D eigenvalue weighted by Crippen LogP contribution is -2.11. The summed E-state index contributed by atoms with van der Waals surface area (Å²) >= 11 is 7.70. The normalized spacial score (nSPS) is 11.3. The molecule has 2 heterocycles. The van der Waals surface area contributed by atoms with Gasteiger partial charge in [-0.05, 0) is 36.2 Å². The van der Waals surface area contributed by atoms with Crippen LogP contribution in [0.15, 0.2) is 42.6 Å². The molecular formula is C20H15ClF2N4OS. The van der Waals surface area contributed by atoms with Gasteiger partial charge in [-0.25, -0.2) is 18.7 Å². The van der Waals surface area contributed by atoms with E-state index in [9.17, 15) is 13.6 Å². The minimum absolute atomic E-state index is 0.320. The Morgan fingerprint density at radius 2 is 2.14 bits per heavy atom. The van der Waals surface area contributed by atoms with Crippen molar-refractivity contribution >= 4 is 45.0 Å². The molecular weight excluding hydrogens is 418 g/mol. The highest BCUT2D eigenvalue weighted by Crippen LogP contribution is 2.27. The van der Waals surface area contributed by atoms with E-state index in [1.807, 2.05) is 25.1 Å². The number of hydrogen-bond acceptors (Lipinski definition) is 4. The Kier molecular flexibility index (Phi) is 5.29. The summed E-state index contributed by atoms with van der Waals surface area (Å²) < 4.78 is 25.5. The van der Waals surface area contributed by atoms with Crippen molar-refractivity contribution in [1.29, 1.82) is 0 Å². The van der Waals surface area contributed by atoms with Crippen LogP contribution in [-0.2, 0) is 6.42 Å². The van der Waals surface area contributed by atoms with Gasteiger partial charge in [0.25, 0.3) is 12.3 Å². The molecule has 5 nitrogen and oxygen atoms in total. The van der Waals surface area contributed by atoms with E-state index >= 15 is 0 Å². The second-order valence-electron chi connectivity index (χ2n) is 6.47. The van der Waals surface area contributed by atoms with Crippen LogP contribution >= 0.6 is 22.9 Å². The fourth-order valence-electron chi connectivity index (χ4n) is 2.92. The third kappa shape index (κ3) is 4.13. The first kappa shape index (κ1) is 19.5. The van der Waals surface area contributed by atoms with Crippen LogP contribution in [0, 0.1) is 6.92 Å². The van der Waals surface area contributed by atoms with E-state index in [0.29, 0.717) is 28.1 Å². The van der Waals surface area contributed by atoms with E-state index in [1.54, 1.807) is 6.20 Å². The smallest absolute Gasteiger partial charge is 0.295 e. The minimum atomic E-state index is -2.70. The highest BCUT2D eigenvalue weighted by atomic mass is 35.5. The van der Waals surface area contributed by atoms with E-state index in [4.69, 9.17) is 11.6 Å². The maximum atomic E-state index is 12.8. The summed E-state index contributed by atoms with van der Waals surface area (Å²) in [6.45, 7) is 1.95. The molecule has 0 saturated carbocycles. The van der Waals surface area contributed by atoms with Crippen molar-refractivity contribution in [2.24, 2.45) is 0 Å². The average molecular weight is 433 g/mol. The van der Waals surface area contributed by atoms with Crippen molar-refractivity contribution in [2.75, 3.05) is 5.32 Å². The predicted octanol–water partition coefficient (Wildman–Crippen LogP) is 5.76. The van der Waals surface area contributed by atoms with Gasteiger partial charge in [0.15, 0.2) is 11.0 Å². The maximum Gasteiger partial charge on any atom is 0.295 e. The number of aromatic nitrogens is 3. The summed E-state index contributed by atoms with van der Waals surface area (Å²) in [7, 11) is 0. The third-order valence-corrected chi connectivity index (χ3v) is 5.83. The van der Waals surface area contributed by atoms with Gasteiger partial charge in [-0.2, -0.15) is 0 Å². The molecule has 9 heteroatoms. The van der Waals surface area contributed by atoms with Gasteiger partial charge in [-0.3, -0.25) is 10.1 Å². The van der Waals surface area contributed by atoms with E-state index < -0.39 is 12.2 Å². The summed E-state index contributed by atoms with van der Waals surface area (Å²) in [5.41, 5.74) is 3.07. The molecule has 2 aromatic carbocycles. The number of thiazole rings is 1. The maximum absolute atomic E-state index is 12.8. The van der Waals surface area contributed by atoms with E-state index in [2.05, 4.69) is 20.3 Å². The molecule has 29 heavy (non-hydrogen) atoms. The Balaban J connectivity index is 1.49. The zero-order valence-electron chi connectivity index (χ0n) is 15.2. The first-order chi connectivity index (χ1) is 13.9. The van der Waals surface area contributed by atoms with Crippen LogP contribution in [0.2, 0.25) is 5.02 Å². The van der Waals surface area contributed by atoms with Crippen LogP contribution in [0.3, 0.4) is 0 Å². The van der Waals surface area contributed by atoms with E-state index in [-0.39, 0.29) is 5.91 Å². The molecule has 0 bridgehead atoms. The van der Waals surface area contributed by atoms with Crippen molar-refractivity contribution in [3.05, 3.63) is 75.0 Å². The molecule has 0 saturated heterocycles. The number of nitrogens with zero attached hydrogens (tertiary/aromatic N) is 2. The number of fused-ring (bicyclic) bond motifs is 1. The number of benzene rings is 2. The Hall–Kier alpha value is -2.84. The van der Waals surface area contributed by atoms with Crippen LogP contribution < -0.4 is 5.32 Å². The molecule has 0 atom stereocenters. The number of H-pyrrole nitrogens is 1. The second-order valence-corrected chi connectivity index (χ2v) is 7.96. The third-order valence-electron chi connectivity index (χ3n) is 4.38. The molecule has 4 aromatic rings. The SMILES string of the molecule is Cc1cccc(Cc2cnc(NC(=O)c3ccc4nc(C(F)F)[nH]c4c3)s2)c1Cl. The topological polar surface area (TPSA) is 70.7 Å². The number of aromatic amines is 1. The van der Waals surface area contributed by atoms with Crippen molar-refractivity contribution < 1.29 is 13.6 Å². The molecule has 0 fully saturated rings. The minimum Gasteiger partial charge on any atom is -0.337 e. The standard InChI is InChI=1S/C20H15ClF2N4OS/c1-10-3-2-4-11(16(10)21)7-13-9-24-20(29-13)27-19(28)12-5-6-14-15(8-12)26-18(25-14)17(22)23/h2-6,8-9,17H,7H2,1H3,(H,25,26)(H,24,27,28). The number of carbonyl (C=O) groups is 1. The number of carbonyl (C=O) groups excluding carboxylic acids is 1. The fourth-order valence-corrected chi connectivity index (χ4v) is 3.95. The number of rotatable bonds is 5. The number of hydrogen-bond donors (Lipinski definition) is 2. The van der Waals surface area contributed by atoms with Crippen LogP contribution in [0.1, 0.15) is 38.6 Å². The Morgan fingerprint density at radius 1 is 1.31 bits per heavy atom. The zero-order valence-corrected chi connectivity index (χ0v) is 16.7. The summed E-state index contributed by atoms with van der Waals surface area (Å²) in [6, 6.07) is 10.4. The lowest BCUT2D eigenvalue weighted by Gasteiger charge is -2.04. The number of aryl methyl sites for hydroxylation is 1. The molecule has 4 rings (SSSR count). The molecule has 2 aromatic heterocycles. The van der Waals surface area contributed by atoms with Gasteiger partial charge in [0.05, 0.1) is 11.0 Å². The van der Waals surface area contributed by atoms with Crippen LogP contribution in [0.4, 0.5) is 13.9 Å². The van der Waals surface area contributed by atoms with E-state index in [1.165, 1.54) is 29.5 Å². The number of alkyl halides is 2. The molecule has 2 N–H and O–H groups in total. The highest BCUT2D eigenvalue weighted by Gasteiger charge is 2.15. The first-order valence-corrected chi connectivity index (χ1v) is 9.88. The van der Waals surface area contributed by atoms with Crippen LogP contribution in [0.25, 0.3) is 11.0 Å². The van der Waals surface area contributed by atoms with Crippen molar-refractivity contribution in [1.82, 2.24) is 15.0 Å². The van der Waals surface area contributed by atoms with Gasteiger partial charge in [0.2, 0.25) is 0 Å². The number of amides is 1. The summed E-state index contributed by atoms with van der Waals surface area (Å²) in [5, 5.41) is 3.91. The van der Waals surface area contributed by atoms with Crippen molar-refractivity contribution in [3.63, 3.8) is 0 Å². The van der Waals surface area contributed by atoms with Crippen LogP contribution in [0.5, 0.6) is 0 Å². The molecule has 0 aliphatic carbocycles. The number of anilines is 1. The average Bonchev–Trinajstić information content (AvgIpc) is 3.31. The molecule has 0 spiro atoms. The molecule has 0 aliphatic rings. The lowest BCUT2D eigenvalue weighted by atomic mass is 10.1. The molecule has 0 radical (unpaired) electrons. The van der Waals surface area contributed by atoms with Gasteiger partial charge < -0.3 is 4.98 Å². The molecule has 0 unspecified atom stereocenters. The fraction of sp³-hybridized carbons (Fsp3) is 0.150. The second kappa shape index (κ2) is 7.88. The summed E-state index contributed by atoms with van der Waals surface area (Å²) in [4.78, 5) is 24.0. The van der Waals surface area contributed by atoms with Crippen molar-refractivity contribution in [2.45, 2.75) is 19.8 Å². The number of nitrogens with one attached hydrogen (secondary N) is 2. The van der Waals surface area contributed by atoms with Gasteiger partial charge in [0, 0.05) is 28.1 Å². The predicted molar refractivity (Wildman–Crippen MR) is 110 cm³/mol. The van der Waals surface area contributed by atoms with E-state index in [0.717, 1.165) is 21.0 Å².